The molecule has 242 valence electrons. The van der Waals surface area contributed by atoms with Gasteiger partial charge in [0.2, 0.25) is 0 Å². The molecule has 1 aliphatic heterocycles. The van der Waals surface area contributed by atoms with Gasteiger partial charge in [-0.3, -0.25) is 14.6 Å². The second-order valence-electron chi connectivity index (χ2n) is 10.9. The smallest absolute Gasteiger partial charge is 0.417 e. The second kappa shape index (κ2) is 12.9. The first-order chi connectivity index (χ1) is 21.8. The number of carboxylic acid groups (broad SMARTS) is 1. The molecule has 0 bridgehead atoms. The van der Waals surface area contributed by atoms with Gasteiger partial charge in [0.1, 0.15) is 23.2 Å². The highest BCUT2D eigenvalue weighted by Gasteiger charge is 2.37. The van der Waals surface area contributed by atoms with E-state index in [1.54, 1.807) is 4.90 Å². The zero-order valence-electron chi connectivity index (χ0n) is 24.8. The predicted octanol–water partition coefficient (Wildman–Crippen LogP) is 4.86. The van der Waals surface area contributed by atoms with Crippen molar-refractivity contribution in [3.05, 3.63) is 93.0 Å². The molecule has 1 atom stereocenters. The molecule has 5 rings (SSSR count). The standard InChI is InChI=1S/C32H29F5N4O5/c1-17-13-22(32(35,36)37)26(30(43)40(17)2)21-7-6-18(20-5-3-8-38-28(20)21)14-25(31(44)45)39-29(42)27-23(33)15-19(16-24(27)34)41-9-4-11-46-12-10-41/h3,5-8,13,15-16,25H,4,9-12,14H2,1-2H3,(H,39,42)(H,44,45)/t25-/m0/s1. The van der Waals surface area contributed by atoms with Gasteiger partial charge in [-0.05, 0) is 43.2 Å². The number of halogens is 5. The van der Waals surface area contributed by atoms with Crippen molar-refractivity contribution in [3.8, 4) is 11.1 Å². The van der Waals surface area contributed by atoms with Gasteiger partial charge in [-0.1, -0.05) is 18.2 Å². The molecule has 0 aliphatic carbocycles. The summed E-state index contributed by atoms with van der Waals surface area (Å²) >= 11 is 0. The normalized spacial score (nSPS) is 14.6. The number of anilines is 1. The molecule has 0 radical (unpaired) electrons. The third kappa shape index (κ3) is 6.43. The van der Waals surface area contributed by atoms with Crippen LogP contribution in [0.25, 0.3) is 22.0 Å². The zero-order valence-corrected chi connectivity index (χ0v) is 24.8. The van der Waals surface area contributed by atoms with Crippen molar-refractivity contribution >= 4 is 28.5 Å². The third-order valence-corrected chi connectivity index (χ3v) is 7.97. The van der Waals surface area contributed by atoms with Crippen LogP contribution in [0, 0.1) is 18.6 Å². The average Bonchev–Trinajstić information content (AvgIpc) is 3.29. The first-order valence-electron chi connectivity index (χ1n) is 14.3. The van der Waals surface area contributed by atoms with Crippen molar-refractivity contribution in [2.75, 3.05) is 31.2 Å². The highest BCUT2D eigenvalue weighted by atomic mass is 19.4. The number of pyridine rings is 2. The van der Waals surface area contributed by atoms with E-state index in [9.17, 15) is 32.7 Å². The van der Waals surface area contributed by atoms with Gasteiger partial charge in [0.25, 0.3) is 11.5 Å². The fraction of sp³-hybridized carbons (Fsp3) is 0.312. The summed E-state index contributed by atoms with van der Waals surface area (Å²) < 4.78 is 78.9. The number of hydrogen-bond donors (Lipinski definition) is 2. The third-order valence-electron chi connectivity index (χ3n) is 7.97. The van der Waals surface area contributed by atoms with Crippen molar-refractivity contribution in [2.24, 2.45) is 7.05 Å². The molecule has 0 spiro atoms. The molecule has 1 amide bonds. The molecule has 9 nitrogen and oxygen atoms in total. The van der Waals surface area contributed by atoms with Crippen LogP contribution in [0.3, 0.4) is 0 Å². The van der Waals surface area contributed by atoms with Crippen molar-refractivity contribution in [1.29, 1.82) is 0 Å². The number of rotatable bonds is 7. The highest BCUT2D eigenvalue weighted by molar-refractivity contribution is 5.99. The summed E-state index contributed by atoms with van der Waals surface area (Å²) in [6.07, 6.45) is -3.33. The number of amides is 1. The number of carbonyl (C=O) groups excluding carboxylic acids is 1. The Kier molecular flexibility index (Phi) is 9.10. The number of carbonyl (C=O) groups is 2. The molecule has 1 aliphatic rings. The zero-order chi connectivity index (χ0) is 33.3. The summed E-state index contributed by atoms with van der Waals surface area (Å²) in [5, 5.41) is 12.3. The van der Waals surface area contributed by atoms with Crippen LogP contribution < -0.4 is 15.8 Å². The van der Waals surface area contributed by atoms with E-state index in [1.165, 1.54) is 44.4 Å². The van der Waals surface area contributed by atoms with Crippen LogP contribution >= 0.6 is 0 Å². The Morgan fingerprint density at radius 2 is 1.80 bits per heavy atom. The molecule has 2 aromatic heterocycles. The van der Waals surface area contributed by atoms with E-state index in [0.29, 0.717) is 32.7 Å². The lowest BCUT2D eigenvalue weighted by Gasteiger charge is -2.23. The van der Waals surface area contributed by atoms with E-state index in [4.69, 9.17) is 4.74 Å². The number of nitrogens with one attached hydrogen (secondary N) is 1. The number of hydrogen-bond acceptors (Lipinski definition) is 6. The maximum absolute atomic E-state index is 15.1. The highest BCUT2D eigenvalue weighted by Crippen LogP contribution is 2.38. The lowest BCUT2D eigenvalue weighted by molar-refractivity contribution is -0.139. The molecule has 0 unspecified atom stereocenters. The number of ether oxygens (including phenoxy) is 1. The fourth-order valence-electron chi connectivity index (χ4n) is 5.53. The van der Waals surface area contributed by atoms with E-state index in [-0.39, 0.29) is 33.4 Å². The van der Waals surface area contributed by atoms with Crippen LogP contribution in [-0.4, -0.2) is 58.9 Å². The maximum Gasteiger partial charge on any atom is 0.417 e. The summed E-state index contributed by atoms with van der Waals surface area (Å²) in [5.74, 6) is -5.18. The number of alkyl halides is 3. The lowest BCUT2D eigenvalue weighted by atomic mass is 9.93. The minimum absolute atomic E-state index is 0.00601. The number of carboxylic acids is 1. The number of aliphatic carboxylic acids is 1. The Morgan fingerprint density at radius 1 is 1.09 bits per heavy atom. The quantitative estimate of drug-likeness (QED) is 0.277. The van der Waals surface area contributed by atoms with Gasteiger partial charge in [-0.2, -0.15) is 13.2 Å². The van der Waals surface area contributed by atoms with Gasteiger partial charge in [0, 0.05) is 61.7 Å². The van der Waals surface area contributed by atoms with E-state index < -0.39 is 64.4 Å². The lowest BCUT2D eigenvalue weighted by Crippen LogP contribution is -2.43. The first-order valence-corrected chi connectivity index (χ1v) is 14.3. The number of nitrogens with zero attached hydrogens (tertiary/aromatic N) is 3. The minimum atomic E-state index is -4.86. The minimum Gasteiger partial charge on any atom is -0.480 e. The van der Waals surface area contributed by atoms with Crippen molar-refractivity contribution < 1.29 is 41.4 Å². The Balaban J connectivity index is 1.49. The molecular weight excluding hydrogens is 615 g/mol. The van der Waals surface area contributed by atoms with Gasteiger partial charge in [-0.15, -0.1) is 0 Å². The van der Waals surface area contributed by atoms with Gasteiger partial charge in [0.15, 0.2) is 0 Å². The van der Waals surface area contributed by atoms with E-state index in [0.717, 1.165) is 22.8 Å². The summed E-state index contributed by atoms with van der Waals surface area (Å²) in [6, 6.07) is 6.71. The van der Waals surface area contributed by atoms with Gasteiger partial charge >= 0.3 is 12.1 Å². The van der Waals surface area contributed by atoms with Gasteiger partial charge in [-0.25, -0.2) is 13.6 Å². The Labute approximate surface area is 259 Å². The van der Waals surface area contributed by atoms with Crippen LogP contribution in [0.2, 0.25) is 0 Å². The van der Waals surface area contributed by atoms with E-state index >= 15 is 8.78 Å². The molecule has 1 saturated heterocycles. The van der Waals surface area contributed by atoms with Crippen LogP contribution in [0.1, 0.15) is 33.6 Å². The van der Waals surface area contributed by atoms with Crippen LogP contribution in [0.5, 0.6) is 0 Å². The molecule has 3 heterocycles. The number of benzene rings is 2. The monoisotopic (exact) mass is 644 g/mol. The van der Waals surface area contributed by atoms with Crippen molar-refractivity contribution in [2.45, 2.75) is 32.0 Å². The molecule has 2 N–H and O–H groups in total. The Hall–Kier alpha value is -4.85. The number of aromatic nitrogens is 2. The number of fused-ring (bicyclic) bond motifs is 1. The second-order valence-corrected chi connectivity index (χ2v) is 10.9. The summed E-state index contributed by atoms with van der Waals surface area (Å²) in [5.41, 5.74) is -3.21. The summed E-state index contributed by atoms with van der Waals surface area (Å²) in [4.78, 5) is 44.3. The molecule has 0 saturated carbocycles. The molecule has 46 heavy (non-hydrogen) atoms. The van der Waals surface area contributed by atoms with Crippen molar-refractivity contribution in [1.82, 2.24) is 14.9 Å². The van der Waals surface area contributed by atoms with Gasteiger partial charge in [0.05, 0.1) is 23.3 Å². The Morgan fingerprint density at radius 3 is 2.48 bits per heavy atom. The fourth-order valence-corrected chi connectivity index (χ4v) is 5.53. The van der Waals surface area contributed by atoms with E-state index in [1.807, 2.05) is 0 Å². The largest absolute Gasteiger partial charge is 0.480 e. The Bertz CT molecular complexity index is 1860. The van der Waals surface area contributed by atoms with Crippen LogP contribution in [-0.2, 0) is 29.2 Å². The molecule has 1 fully saturated rings. The summed E-state index contributed by atoms with van der Waals surface area (Å²) in [7, 11) is 1.34. The number of aryl methyl sites for hydroxylation is 1. The van der Waals surface area contributed by atoms with Crippen LogP contribution in [0.4, 0.5) is 27.6 Å². The first kappa shape index (κ1) is 32.5. The van der Waals surface area contributed by atoms with Crippen LogP contribution in [0.15, 0.2) is 53.5 Å². The SMILES string of the molecule is Cc1cc(C(F)(F)F)c(-c2ccc(C[C@H](NC(=O)c3c(F)cc(N4CCCOCC4)cc3F)C(=O)O)c3cccnc23)c(=O)n1C. The molecular formula is C32H29F5N4O5. The molecule has 14 heteroatoms. The molecule has 4 aromatic rings. The van der Waals surface area contributed by atoms with E-state index in [2.05, 4.69) is 10.3 Å². The molecule has 2 aromatic carbocycles. The van der Waals surface area contributed by atoms with Gasteiger partial charge < -0.3 is 24.6 Å². The topological polar surface area (TPSA) is 114 Å². The average molecular weight is 645 g/mol. The predicted molar refractivity (Wildman–Crippen MR) is 159 cm³/mol. The summed E-state index contributed by atoms with van der Waals surface area (Å²) in [6.45, 7) is 3.12. The van der Waals surface area contributed by atoms with Crippen molar-refractivity contribution in [3.63, 3.8) is 0 Å². The maximum atomic E-state index is 15.1.